The van der Waals surface area contributed by atoms with Gasteiger partial charge in [-0.05, 0) is 61.2 Å². The van der Waals surface area contributed by atoms with Crippen LogP contribution in [0.2, 0.25) is 0 Å². The summed E-state index contributed by atoms with van der Waals surface area (Å²) < 4.78 is 161. The van der Waals surface area contributed by atoms with Crippen LogP contribution in [0.25, 0.3) is 0 Å². The van der Waals surface area contributed by atoms with Crippen molar-refractivity contribution >= 4 is 21.8 Å². The number of ether oxygens (including phenoxy) is 1. The molecule has 2 fully saturated rings. The maximum atomic E-state index is 14.6. The molecule has 2 saturated heterocycles. The predicted octanol–water partition coefficient (Wildman–Crippen LogP) is 6.94. The Bertz CT molecular complexity index is 1900. The maximum Gasteiger partial charge on any atom is 0.430 e. The molecule has 3 amide bonds. The first-order valence-electron chi connectivity index (χ1n) is 16.2. The van der Waals surface area contributed by atoms with E-state index in [0.29, 0.717) is 37.1 Å². The van der Waals surface area contributed by atoms with Gasteiger partial charge in [0, 0.05) is 57.3 Å². The Kier molecular flexibility index (Phi) is 10.9. The third-order valence-electron chi connectivity index (χ3n) is 9.81. The van der Waals surface area contributed by atoms with Crippen molar-refractivity contribution in [2.75, 3.05) is 40.3 Å². The molecule has 0 bridgehead atoms. The highest BCUT2D eigenvalue weighted by atomic mass is 32.2. The van der Waals surface area contributed by atoms with Crippen LogP contribution >= 0.6 is 0 Å². The molecule has 1 atom stereocenters. The number of hydrogen-bond acceptors (Lipinski definition) is 5. The summed E-state index contributed by atoms with van der Waals surface area (Å²) in [6.45, 7) is -2.21. The van der Waals surface area contributed by atoms with Crippen LogP contribution < -0.4 is 0 Å². The number of alkyl halides is 6. The number of halogens is 9. The molecular weight excluding hydrogens is 745 g/mol. The van der Waals surface area contributed by atoms with E-state index in [9.17, 15) is 57.5 Å². The van der Waals surface area contributed by atoms with Crippen molar-refractivity contribution in [3.63, 3.8) is 0 Å². The molecule has 0 N–H and O–H groups in total. The Hall–Kier alpha value is -4.32. The minimum Gasteiger partial charge on any atom is -0.349 e. The van der Waals surface area contributed by atoms with Crippen molar-refractivity contribution in [3.8, 4) is 0 Å². The minimum absolute atomic E-state index is 0.115. The summed E-state index contributed by atoms with van der Waals surface area (Å²) in [4.78, 5) is 29.7. The highest BCUT2D eigenvalue weighted by Crippen LogP contribution is 2.54. The number of carbonyl (C=O) groups is 2. The Morgan fingerprint density at radius 2 is 1.36 bits per heavy atom. The van der Waals surface area contributed by atoms with Gasteiger partial charge < -0.3 is 19.4 Å². The average molecular weight is 780 g/mol. The molecule has 2 aliphatic heterocycles. The summed E-state index contributed by atoms with van der Waals surface area (Å²) in [5.74, 6) is -4.13. The third kappa shape index (κ3) is 7.18. The largest absolute Gasteiger partial charge is 0.430 e. The van der Waals surface area contributed by atoms with Crippen LogP contribution in [0.1, 0.15) is 36.0 Å². The molecule has 3 aromatic carbocycles. The number of urea groups is 1. The van der Waals surface area contributed by atoms with Crippen LogP contribution in [0.15, 0.2) is 71.6 Å². The molecule has 0 radical (unpaired) electrons. The monoisotopic (exact) mass is 779 g/mol. The molecule has 8 nitrogen and oxygen atoms in total. The first kappa shape index (κ1) is 39.9. The molecule has 0 aromatic heterocycles. The van der Waals surface area contributed by atoms with Crippen molar-refractivity contribution < 1.29 is 62.3 Å². The van der Waals surface area contributed by atoms with Crippen LogP contribution in [0.4, 0.5) is 44.3 Å². The highest BCUT2D eigenvalue weighted by molar-refractivity contribution is 7.92. The SMILES string of the molecule is CN(C)C(=O)C1CCN(C(=O)N2CC[C@](c3ccc(C(OCc4c(F)cccc4F)(C(F)(F)F)C(F)(F)F)cc3)(S(=O)(=O)c3ccc(F)cc3)C2)CC1. The topological polar surface area (TPSA) is 87.2 Å². The zero-order chi connectivity index (χ0) is 39.1. The third-order valence-corrected chi connectivity index (χ3v) is 12.3. The lowest BCUT2D eigenvalue weighted by atomic mass is 9.88. The van der Waals surface area contributed by atoms with Gasteiger partial charge in [-0.25, -0.2) is 26.4 Å². The van der Waals surface area contributed by atoms with Gasteiger partial charge in [0.2, 0.25) is 5.91 Å². The first-order valence-corrected chi connectivity index (χ1v) is 17.7. The van der Waals surface area contributed by atoms with E-state index in [1.165, 1.54) is 14.7 Å². The van der Waals surface area contributed by atoms with Crippen LogP contribution in [-0.2, 0) is 36.3 Å². The summed E-state index contributed by atoms with van der Waals surface area (Å²) >= 11 is 0. The number of sulfone groups is 1. The summed E-state index contributed by atoms with van der Waals surface area (Å²) in [7, 11) is -1.44. The lowest BCUT2D eigenvalue weighted by Gasteiger charge is -2.38. The molecule has 2 aliphatic rings. The number of rotatable bonds is 8. The van der Waals surface area contributed by atoms with E-state index >= 15 is 0 Å². The zero-order valence-electron chi connectivity index (χ0n) is 28.3. The van der Waals surface area contributed by atoms with Crippen molar-refractivity contribution in [1.29, 1.82) is 0 Å². The lowest BCUT2D eigenvalue weighted by Crippen LogP contribution is -2.56. The van der Waals surface area contributed by atoms with Gasteiger partial charge >= 0.3 is 18.4 Å². The smallest absolute Gasteiger partial charge is 0.349 e. The fourth-order valence-corrected chi connectivity index (χ4v) is 8.95. The molecule has 3 aromatic rings. The molecular formula is C35H34F9N3O5S. The molecule has 288 valence electrons. The van der Waals surface area contributed by atoms with E-state index in [-0.39, 0.29) is 43.4 Å². The average Bonchev–Trinajstić information content (AvgIpc) is 3.56. The highest BCUT2D eigenvalue weighted by Gasteiger charge is 2.73. The van der Waals surface area contributed by atoms with E-state index in [0.717, 1.165) is 42.5 Å². The molecule has 0 spiro atoms. The van der Waals surface area contributed by atoms with Gasteiger partial charge in [-0.3, -0.25) is 4.79 Å². The zero-order valence-corrected chi connectivity index (χ0v) is 29.1. The number of amides is 3. The Labute approximate surface area is 299 Å². The molecule has 0 unspecified atom stereocenters. The summed E-state index contributed by atoms with van der Waals surface area (Å²) in [5.41, 5.74) is -8.15. The van der Waals surface area contributed by atoms with Gasteiger partial charge in [-0.15, -0.1) is 0 Å². The van der Waals surface area contributed by atoms with Gasteiger partial charge in [0.1, 0.15) is 22.2 Å². The fraction of sp³-hybridized carbons (Fsp3) is 0.429. The fourth-order valence-electron chi connectivity index (χ4n) is 6.87. The number of piperidine rings is 1. The van der Waals surface area contributed by atoms with E-state index < -0.39 is 85.2 Å². The molecule has 0 aliphatic carbocycles. The Morgan fingerprint density at radius 3 is 1.87 bits per heavy atom. The van der Waals surface area contributed by atoms with Crippen LogP contribution in [0.5, 0.6) is 0 Å². The number of nitrogens with zero attached hydrogens (tertiary/aromatic N) is 3. The van der Waals surface area contributed by atoms with Crippen molar-refractivity contribution in [2.24, 2.45) is 5.92 Å². The van der Waals surface area contributed by atoms with E-state index in [1.54, 1.807) is 14.1 Å². The second kappa shape index (κ2) is 14.5. The van der Waals surface area contributed by atoms with Gasteiger partial charge in [0.05, 0.1) is 11.5 Å². The van der Waals surface area contributed by atoms with Crippen LogP contribution in [-0.4, -0.2) is 87.7 Å². The normalized spacial score (nSPS) is 19.1. The molecule has 53 heavy (non-hydrogen) atoms. The molecule has 0 saturated carbocycles. The maximum absolute atomic E-state index is 14.6. The van der Waals surface area contributed by atoms with Crippen molar-refractivity contribution in [2.45, 2.75) is 53.5 Å². The van der Waals surface area contributed by atoms with Gasteiger partial charge in [-0.1, -0.05) is 30.3 Å². The molecule has 2 heterocycles. The standard InChI is InChI=1S/C35H34F9N3O5S/c1-45(2)30(48)22-14-17-46(18-15-22)31(49)47-19-16-32(21-47,53(50,51)26-12-10-25(36)11-13-26)23-6-8-24(9-7-23)33(34(39,40)41,35(42,43)44)52-20-27-28(37)4-3-5-29(27)38/h3-13,22H,14-21H2,1-2H3/t32-/m0/s1. The first-order chi connectivity index (χ1) is 24.7. The number of hydrogen-bond donors (Lipinski definition) is 0. The van der Waals surface area contributed by atoms with E-state index in [1.807, 2.05) is 0 Å². The number of carbonyl (C=O) groups excluding carboxylic acids is 2. The minimum atomic E-state index is -6.24. The number of benzene rings is 3. The van der Waals surface area contributed by atoms with Crippen molar-refractivity contribution in [1.82, 2.24) is 14.7 Å². The predicted molar refractivity (Wildman–Crippen MR) is 171 cm³/mol. The number of likely N-dealkylation sites (tertiary alicyclic amines) is 2. The van der Waals surface area contributed by atoms with Crippen LogP contribution in [0, 0.1) is 23.4 Å². The Balaban J connectivity index is 1.54. The van der Waals surface area contributed by atoms with Gasteiger partial charge in [0.25, 0.3) is 5.60 Å². The van der Waals surface area contributed by atoms with E-state index in [4.69, 9.17) is 0 Å². The Morgan fingerprint density at radius 1 is 0.811 bits per heavy atom. The van der Waals surface area contributed by atoms with Gasteiger partial charge in [0.15, 0.2) is 9.84 Å². The molecule has 18 heteroatoms. The second-order valence-electron chi connectivity index (χ2n) is 13.1. The summed E-state index contributed by atoms with van der Waals surface area (Å²) in [6, 6.07) is 7.36. The van der Waals surface area contributed by atoms with Gasteiger partial charge in [-0.2, -0.15) is 26.3 Å². The summed E-state index contributed by atoms with van der Waals surface area (Å²) in [5, 5.41) is 0. The van der Waals surface area contributed by atoms with Crippen molar-refractivity contribution in [3.05, 3.63) is 101 Å². The lowest BCUT2D eigenvalue weighted by molar-refractivity contribution is -0.392. The molecule has 5 rings (SSSR count). The second-order valence-corrected chi connectivity index (χ2v) is 15.4. The van der Waals surface area contributed by atoms with Crippen LogP contribution in [0.3, 0.4) is 0 Å². The quantitative estimate of drug-likeness (QED) is 0.183. The van der Waals surface area contributed by atoms with E-state index in [2.05, 4.69) is 4.74 Å². The summed E-state index contributed by atoms with van der Waals surface area (Å²) in [6.07, 6.45) is -12.2.